The zero-order valence-electron chi connectivity index (χ0n) is 10.9. The predicted molar refractivity (Wildman–Crippen MR) is 76.8 cm³/mol. The van der Waals surface area contributed by atoms with Gasteiger partial charge in [0.2, 0.25) is 0 Å². The van der Waals surface area contributed by atoms with Gasteiger partial charge in [0.1, 0.15) is 5.82 Å². The summed E-state index contributed by atoms with van der Waals surface area (Å²) in [6.07, 6.45) is 2.94. The first-order valence-corrected chi connectivity index (χ1v) is 7.90. The molecule has 0 spiro atoms. The molecule has 106 valence electrons. The lowest BCUT2D eigenvalue weighted by atomic mass is 10.5. The first kappa shape index (κ1) is 14.5. The topological polar surface area (TPSA) is 103 Å². The number of nitrogens with one attached hydrogen (secondary N) is 1. The number of aromatic nitrogens is 3. The van der Waals surface area contributed by atoms with Crippen LogP contribution in [0, 0.1) is 18.8 Å². The lowest BCUT2D eigenvalue weighted by Gasteiger charge is -2.00. The van der Waals surface area contributed by atoms with E-state index in [1.165, 1.54) is 12.4 Å². The molecule has 2 heterocycles. The molecule has 0 saturated carbocycles. The van der Waals surface area contributed by atoms with E-state index in [4.69, 9.17) is 5.73 Å². The third-order valence-corrected chi connectivity index (χ3v) is 4.57. The van der Waals surface area contributed by atoms with E-state index in [0.717, 1.165) is 11.3 Å². The molecule has 0 aliphatic carbocycles. The zero-order valence-corrected chi connectivity index (χ0v) is 12.5. The van der Waals surface area contributed by atoms with Crippen LogP contribution in [0.5, 0.6) is 0 Å². The fourth-order valence-electron chi connectivity index (χ4n) is 1.34. The highest BCUT2D eigenvalue weighted by Gasteiger charge is 2.19. The van der Waals surface area contributed by atoms with Crippen molar-refractivity contribution in [3.63, 3.8) is 0 Å². The summed E-state index contributed by atoms with van der Waals surface area (Å²) in [5, 5.41) is 0.205. The van der Waals surface area contributed by atoms with Crippen molar-refractivity contribution in [2.75, 3.05) is 11.3 Å². The van der Waals surface area contributed by atoms with Gasteiger partial charge in [0, 0.05) is 13.2 Å². The van der Waals surface area contributed by atoms with Gasteiger partial charge in [0.05, 0.1) is 17.6 Å². The van der Waals surface area contributed by atoms with Crippen LogP contribution in [0.4, 0.5) is 5.13 Å². The maximum atomic E-state index is 12.1. The normalized spacial score (nSPS) is 10.9. The van der Waals surface area contributed by atoms with Crippen LogP contribution in [0.25, 0.3) is 0 Å². The lowest BCUT2D eigenvalue weighted by Crippen LogP contribution is -2.13. The van der Waals surface area contributed by atoms with Crippen molar-refractivity contribution in [1.82, 2.24) is 14.5 Å². The van der Waals surface area contributed by atoms with Gasteiger partial charge in [0.15, 0.2) is 10.2 Å². The molecule has 0 unspecified atom stereocenters. The molecule has 0 bridgehead atoms. The summed E-state index contributed by atoms with van der Waals surface area (Å²) in [6.45, 7) is 1.97. The molecule has 0 fully saturated rings. The highest BCUT2D eigenvalue weighted by atomic mass is 32.2. The SMILES string of the molecule is Cc1nc(S(=O)(=O)Nc2ncc(C#CCN)s2)cn1C. The maximum absolute atomic E-state index is 12.1. The van der Waals surface area contributed by atoms with Crippen molar-refractivity contribution in [3.8, 4) is 11.8 Å². The Kier molecular flexibility index (Phi) is 4.08. The Balaban J connectivity index is 2.22. The summed E-state index contributed by atoms with van der Waals surface area (Å²) in [7, 11) is -2.00. The second-order valence-corrected chi connectivity index (χ2v) is 6.54. The standard InChI is InChI=1S/C11H13N5O2S2/c1-8-14-10(7-16(8)2)20(17,18)15-11-13-6-9(19-11)4-3-5-12/h6-7H,5,12H2,1-2H3,(H,13,15). The van der Waals surface area contributed by atoms with Gasteiger partial charge < -0.3 is 10.3 Å². The summed E-state index contributed by atoms with van der Waals surface area (Å²) in [4.78, 5) is 8.58. The van der Waals surface area contributed by atoms with Gasteiger partial charge in [-0.15, -0.1) is 0 Å². The van der Waals surface area contributed by atoms with Crippen molar-refractivity contribution < 1.29 is 8.42 Å². The third kappa shape index (κ3) is 3.16. The molecule has 7 nitrogen and oxygen atoms in total. The molecular formula is C11H13N5O2S2. The van der Waals surface area contributed by atoms with Crippen molar-refractivity contribution in [1.29, 1.82) is 0 Å². The van der Waals surface area contributed by atoms with E-state index in [2.05, 4.69) is 26.5 Å². The van der Waals surface area contributed by atoms with Crippen LogP contribution in [0.1, 0.15) is 10.7 Å². The minimum Gasteiger partial charge on any atom is -0.337 e. The average Bonchev–Trinajstić information content (AvgIpc) is 2.95. The minimum atomic E-state index is -3.73. The van der Waals surface area contributed by atoms with Crippen LogP contribution in [-0.2, 0) is 17.1 Å². The monoisotopic (exact) mass is 311 g/mol. The molecule has 0 aliphatic heterocycles. The molecule has 0 saturated heterocycles. The zero-order chi connectivity index (χ0) is 14.8. The van der Waals surface area contributed by atoms with E-state index in [0.29, 0.717) is 10.7 Å². The predicted octanol–water partition coefficient (Wildman–Crippen LogP) is 0.296. The van der Waals surface area contributed by atoms with Gasteiger partial charge in [-0.1, -0.05) is 23.2 Å². The van der Waals surface area contributed by atoms with Crippen LogP contribution in [0.15, 0.2) is 17.4 Å². The number of nitrogens with two attached hydrogens (primary N) is 1. The number of thiazole rings is 1. The van der Waals surface area contributed by atoms with Gasteiger partial charge >= 0.3 is 0 Å². The molecule has 3 N–H and O–H groups in total. The van der Waals surface area contributed by atoms with Crippen LogP contribution in [0.3, 0.4) is 0 Å². The molecule has 9 heteroatoms. The molecule has 2 aromatic heterocycles. The van der Waals surface area contributed by atoms with Crippen molar-refractivity contribution in [2.24, 2.45) is 12.8 Å². The quantitative estimate of drug-likeness (QED) is 0.793. The van der Waals surface area contributed by atoms with Crippen molar-refractivity contribution >= 4 is 26.5 Å². The second-order valence-electron chi connectivity index (χ2n) is 3.88. The van der Waals surface area contributed by atoms with Crippen molar-refractivity contribution in [2.45, 2.75) is 11.9 Å². The molecule has 0 atom stereocenters. The van der Waals surface area contributed by atoms with Gasteiger partial charge in [-0.3, -0.25) is 4.72 Å². The first-order chi connectivity index (χ1) is 9.42. The summed E-state index contributed by atoms with van der Waals surface area (Å²) in [6, 6.07) is 0. The number of anilines is 1. The molecular weight excluding hydrogens is 298 g/mol. The fraction of sp³-hybridized carbons (Fsp3) is 0.273. The molecule has 2 rings (SSSR count). The van der Waals surface area contributed by atoms with E-state index >= 15 is 0 Å². The Morgan fingerprint density at radius 2 is 2.30 bits per heavy atom. The Labute approximate surface area is 120 Å². The molecule has 20 heavy (non-hydrogen) atoms. The minimum absolute atomic E-state index is 0.0395. The van der Waals surface area contributed by atoms with Crippen LogP contribution >= 0.6 is 11.3 Å². The molecule has 0 amide bonds. The number of hydrogen-bond acceptors (Lipinski definition) is 6. The maximum Gasteiger partial charge on any atom is 0.282 e. The van der Waals surface area contributed by atoms with E-state index < -0.39 is 10.0 Å². The van der Waals surface area contributed by atoms with E-state index in [1.807, 2.05) is 0 Å². The number of sulfonamides is 1. The van der Waals surface area contributed by atoms with E-state index in [9.17, 15) is 8.42 Å². The van der Waals surface area contributed by atoms with Gasteiger partial charge in [-0.25, -0.2) is 9.97 Å². The number of rotatable bonds is 3. The molecule has 0 radical (unpaired) electrons. The average molecular weight is 311 g/mol. The fourth-order valence-corrected chi connectivity index (χ4v) is 3.31. The Morgan fingerprint density at radius 3 is 2.90 bits per heavy atom. The number of aryl methyl sites for hydroxylation is 2. The first-order valence-electron chi connectivity index (χ1n) is 5.60. The van der Waals surface area contributed by atoms with Crippen LogP contribution in [0.2, 0.25) is 0 Å². The highest BCUT2D eigenvalue weighted by molar-refractivity contribution is 7.92. The summed E-state index contributed by atoms with van der Waals surface area (Å²) in [5.74, 6) is 6.08. The smallest absolute Gasteiger partial charge is 0.282 e. The lowest BCUT2D eigenvalue weighted by molar-refractivity contribution is 0.598. The summed E-state index contributed by atoms with van der Waals surface area (Å²) in [5.41, 5.74) is 5.27. The van der Waals surface area contributed by atoms with E-state index in [-0.39, 0.29) is 16.7 Å². The number of nitrogens with zero attached hydrogens (tertiary/aromatic N) is 3. The molecule has 2 aromatic rings. The Morgan fingerprint density at radius 1 is 1.55 bits per heavy atom. The van der Waals surface area contributed by atoms with Crippen LogP contribution < -0.4 is 10.5 Å². The summed E-state index contributed by atoms with van der Waals surface area (Å²) < 4.78 is 28.2. The van der Waals surface area contributed by atoms with Gasteiger partial charge in [-0.2, -0.15) is 8.42 Å². The second kappa shape index (κ2) is 5.62. The molecule has 0 aromatic carbocycles. The summed E-state index contributed by atoms with van der Waals surface area (Å²) >= 11 is 1.14. The molecule has 0 aliphatic rings. The van der Waals surface area contributed by atoms with Crippen LogP contribution in [-0.4, -0.2) is 29.5 Å². The highest BCUT2D eigenvalue weighted by Crippen LogP contribution is 2.20. The number of hydrogen-bond donors (Lipinski definition) is 2. The van der Waals surface area contributed by atoms with E-state index in [1.54, 1.807) is 18.5 Å². The van der Waals surface area contributed by atoms with Gasteiger partial charge in [0.25, 0.3) is 10.0 Å². The van der Waals surface area contributed by atoms with Gasteiger partial charge in [-0.05, 0) is 6.92 Å². The Bertz CT molecular complexity index is 760. The number of imidazole rings is 1. The Hall–Kier alpha value is -1.89. The largest absolute Gasteiger partial charge is 0.337 e. The third-order valence-electron chi connectivity index (χ3n) is 2.40. The van der Waals surface area contributed by atoms with Crippen molar-refractivity contribution in [3.05, 3.63) is 23.1 Å².